The topological polar surface area (TPSA) is 83.6 Å². The van der Waals surface area contributed by atoms with E-state index in [2.05, 4.69) is 0 Å². The molecule has 0 saturated heterocycles. The van der Waals surface area contributed by atoms with Crippen molar-refractivity contribution < 1.29 is 14.7 Å². The van der Waals surface area contributed by atoms with Crippen LogP contribution < -0.4 is 5.73 Å². The van der Waals surface area contributed by atoms with Crippen LogP contribution >= 0.6 is 11.8 Å². The minimum atomic E-state index is -1.02. The van der Waals surface area contributed by atoms with Gasteiger partial charge in [0.25, 0.3) is 0 Å². The summed E-state index contributed by atoms with van der Waals surface area (Å²) in [6, 6.07) is -0.458. The van der Waals surface area contributed by atoms with E-state index in [9.17, 15) is 9.59 Å². The van der Waals surface area contributed by atoms with Crippen molar-refractivity contribution in [1.29, 1.82) is 0 Å². The molecule has 5 nitrogen and oxygen atoms in total. The van der Waals surface area contributed by atoms with Gasteiger partial charge in [0.15, 0.2) is 0 Å². The molecule has 6 heteroatoms. The van der Waals surface area contributed by atoms with Crippen molar-refractivity contribution >= 4 is 23.6 Å². The zero-order valence-corrected chi connectivity index (χ0v) is 10.2. The Morgan fingerprint density at radius 2 is 2.19 bits per heavy atom. The zero-order chi connectivity index (χ0) is 12.1. The number of hydrogen-bond donors (Lipinski definition) is 2. The van der Waals surface area contributed by atoms with E-state index < -0.39 is 12.0 Å². The first-order valence-electron chi connectivity index (χ1n) is 5.41. The number of carbonyl (C=O) groups is 2. The first kappa shape index (κ1) is 13.3. The van der Waals surface area contributed by atoms with Crippen molar-refractivity contribution in [3.8, 4) is 0 Å². The number of carbonyl (C=O) groups excluding carboxylic acids is 1. The Morgan fingerprint density at radius 3 is 2.62 bits per heavy atom. The highest BCUT2D eigenvalue weighted by Crippen LogP contribution is 2.27. The van der Waals surface area contributed by atoms with Crippen LogP contribution in [0.5, 0.6) is 0 Å². The van der Waals surface area contributed by atoms with Crippen LogP contribution in [0.1, 0.15) is 19.8 Å². The highest BCUT2D eigenvalue weighted by molar-refractivity contribution is 8.00. The molecule has 0 heterocycles. The number of amides is 1. The summed E-state index contributed by atoms with van der Waals surface area (Å²) in [7, 11) is 0. The Bertz CT molecular complexity index is 269. The normalized spacial score (nSPS) is 16.9. The monoisotopic (exact) mass is 246 g/mol. The molecular formula is C10H18N2O3S. The molecule has 0 unspecified atom stereocenters. The molecule has 0 aromatic rings. The fraction of sp³-hybridized carbons (Fsp3) is 0.800. The zero-order valence-electron chi connectivity index (χ0n) is 9.39. The lowest BCUT2D eigenvalue weighted by Crippen LogP contribution is -2.36. The highest BCUT2D eigenvalue weighted by atomic mass is 32.2. The molecule has 16 heavy (non-hydrogen) atoms. The van der Waals surface area contributed by atoms with E-state index in [1.807, 2.05) is 11.8 Å². The first-order chi connectivity index (χ1) is 7.56. The second-order valence-electron chi connectivity index (χ2n) is 3.87. The van der Waals surface area contributed by atoms with Crippen LogP contribution in [-0.2, 0) is 9.59 Å². The van der Waals surface area contributed by atoms with E-state index in [4.69, 9.17) is 10.8 Å². The Hall–Kier alpha value is -0.750. The van der Waals surface area contributed by atoms with Gasteiger partial charge in [0, 0.05) is 18.3 Å². The third-order valence-electron chi connectivity index (χ3n) is 2.49. The molecule has 0 aromatic carbocycles. The van der Waals surface area contributed by atoms with Crippen molar-refractivity contribution in [3.63, 3.8) is 0 Å². The van der Waals surface area contributed by atoms with Gasteiger partial charge < -0.3 is 15.7 Å². The van der Waals surface area contributed by atoms with Crippen molar-refractivity contribution in [3.05, 3.63) is 0 Å². The van der Waals surface area contributed by atoms with Crippen molar-refractivity contribution in [1.82, 2.24) is 4.90 Å². The fourth-order valence-electron chi connectivity index (χ4n) is 1.45. The third kappa shape index (κ3) is 4.02. The second-order valence-corrected chi connectivity index (χ2v) is 4.90. The van der Waals surface area contributed by atoms with E-state index in [0.717, 1.165) is 19.4 Å². The van der Waals surface area contributed by atoms with Crippen LogP contribution in [0.15, 0.2) is 0 Å². The third-order valence-corrected chi connectivity index (χ3v) is 3.53. The van der Waals surface area contributed by atoms with E-state index >= 15 is 0 Å². The summed E-state index contributed by atoms with van der Waals surface area (Å²) in [4.78, 5) is 24.0. The number of aliphatic carboxylic acids is 1. The van der Waals surface area contributed by atoms with E-state index in [1.54, 1.807) is 0 Å². The van der Waals surface area contributed by atoms with Gasteiger partial charge in [0.05, 0.1) is 5.75 Å². The van der Waals surface area contributed by atoms with Gasteiger partial charge in [-0.1, -0.05) is 0 Å². The molecule has 0 aromatic heterocycles. The maximum absolute atomic E-state index is 11.7. The summed E-state index contributed by atoms with van der Waals surface area (Å²) in [6.07, 6.45) is 2.19. The summed E-state index contributed by atoms with van der Waals surface area (Å²) in [5.41, 5.74) is 5.34. The van der Waals surface area contributed by atoms with Crippen LogP contribution in [0, 0.1) is 0 Å². The number of hydrogen-bond acceptors (Lipinski definition) is 4. The van der Waals surface area contributed by atoms with Crippen molar-refractivity contribution in [2.75, 3.05) is 18.1 Å². The lowest BCUT2D eigenvalue weighted by atomic mass is 10.4. The average Bonchev–Trinajstić information content (AvgIpc) is 3.02. The van der Waals surface area contributed by atoms with Gasteiger partial charge in [0.2, 0.25) is 5.91 Å². The van der Waals surface area contributed by atoms with Crippen LogP contribution in [0.3, 0.4) is 0 Å². The summed E-state index contributed by atoms with van der Waals surface area (Å²) >= 11 is 1.29. The molecule has 1 fully saturated rings. The predicted octanol–water partition coefficient (Wildman–Crippen LogP) is 0.142. The largest absolute Gasteiger partial charge is 0.480 e. The standard InChI is InChI=1S/C10H18N2O3S/c1-2-12(7-3-4-7)9(13)6-16-5-8(11)10(14)15/h7-8H,2-6,11H2,1H3,(H,14,15)/t8-/m0/s1. The average molecular weight is 246 g/mol. The molecule has 1 aliphatic carbocycles. The van der Waals surface area contributed by atoms with Crippen LogP contribution in [0.2, 0.25) is 0 Å². The number of nitrogens with zero attached hydrogens (tertiary/aromatic N) is 1. The molecule has 1 aliphatic rings. The molecule has 0 bridgehead atoms. The van der Waals surface area contributed by atoms with Gasteiger partial charge in [0.1, 0.15) is 6.04 Å². The highest BCUT2D eigenvalue weighted by Gasteiger charge is 2.31. The molecule has 0 radical (unpaired) electrons. The summed E-state index contributed by atoms with van der Waals surface area (Å²) < 4.78 is 0. The van der Waals surface area contributed by atoms with Gasteiger partial charge >= 0.3 is 5.97 Å². The Labute approximate surface area is 99.4 Å². The van der Waals surface area contributed by atoms with Crippen LogP contribution in [0.4, 0.5) is 0 Å². The van der Waals surface area contributed by atoms with Gasteiger partial charge in [-0.05, 0) is 19.8 Å². The smallest absolute Gasteiger partial charge is 0.321 e. The number of thioether (sulfide) groups is 1. The van der Waals surface area contributed by atoms with E-state index in [0.29, 0.717) is 11.8 Å². The minimum absolute atomic E-state index is 0.0904. The molecule has 3 N–H and O–H groups in total. The predicted molar refractivity (Wildman–Crippen MR) is 63.3 cm³/mol. The van der Waals surface area contributed by atoms with Gasteiger partial charge in [-0.2, -0.15) is 0 Å². The van der Waals surface area contributed by atoms with Crippen molar-refractivity contribution in [2.24, 2.45) is 5.73 Å². The SMILES string of the molecule is CCN(C(=O)CSC[C@H](N)C(=O)O)C1CC1. The Morgan fingerprint density at radius 1 is 1.56 bits per heavy atom. The van der Waals surface area contributed by atoms with Crippen molar-refractivity contribution in [2.45, 2.75) is 31.8 Å². The number of rotatable bonds is 7. The number of nitrogens with two attached hydrogens (primary N) is 1. The molecule has 92 valence electrons. The maximum atomic E-state index is 11.7. The summed E-state index contributed by atoms with van der Waals surface area (Å²) in [6.45, 7) is 2.69. The van der Waals surface area contributed by atoms with Gasteiger partial charge in [-0.3, -0.25) is 9.59 Å². The molecule has 1 amide bonds. The number of carboxylic acids is 1. The lowest BCUT2D eigenvalue weighted by molar-refractivity contribution is -0.138. The van der Waals surface area contributed by atoms with Crippen LogP contribution in [0.25, 0.3) is 0 Å². The van der Waals surface area contributed by atoms with Crippen LogP contribution in [-0.4, -0.2) is 52.0 Å². The summed E-state index contributed by atoms with van der Waals surface area (Å²) in [5, 5.41) is 8.57. The lowest BCUT2D eigenvalue weighted by Gasteiger charge is -2.20. The van der Waals surface area contributed by atoms with E-state index in [1.165, 1.54) is 11.8 Å². The summed E-state index contributed by atoms with van der Waals surface area (Å²) in [5.74, 6) is -0.323. The molecule has 0 aliphatic heterocycles. The second kappa shape index (κ2) is 6.10. The number of carboxylic acid groups (broad SMARTS) is 1. The van der Waals surface area contributed by atoms with Gasteiger partial charge in [-0.25, -0.2) is 0 Å². The quantitative estimate of drug-likeness (QED) is 0.667. The Kier molecular flexibility index (Phi) is 5.08. The minimum Gasteiger partial charge on any atom is -0.480 e. The maximum Gasteiger partial charge on any atom is 0.321 e. The van der Waals surface area contributed by atoms with E-state index in [-0.39, 0.29) is 11.7 Å². The van der Waals surface area contributed by atoms with Gasteiger partial charge in [-0.15, -0.1) is 11.8 Å². The molecule has 0 spiro atoms. The molecule has 1 rings (SSSR count). The first-order valence-corrected chi connectivity index (χ1v) is 6.57. The Balaban J connectivity index is 2.21. The fourth-order valence-corrected chi connectivity index (χ4v) is 2.31. The molecule has 1 atom stereocenters. The molecule has 1 saturated carbocycles. The molecular weight excluding hydrogens is 228 g/mol.